The molecule has 2 amide bonds. The first-order chi connectivity index (χ1) is 17.2. The Morgan fingerprint density at radius 2 is 1.68 bits per heavy atom. The largest absolute Gasteiger partial charge is 0.731 e. The Bertz CT molecular complexity index is 1260. The number of carbonyl (C=O) groups excluding carboxylic acids is 2. The van der Waals surface area contributed by atoms with Crippen LogP contribution in [-0.2, 0) is 39.1 Å². The number of hydrogen-bond acceptors (Lipinski definition) is 8. The lowest BCUT2D eigenvalue weighted by atomic mass is 10.0. The molecule has 3 aromatic rings. The average Bonchev–Trinajstić information content (AvgIpc) is 3.33. The van der Waals surface area contributed by atoms with Crippen LogP contribution in [0.15, 0.2) is 60.0 Å². The highest BCUT2D eigenvalue weighted by atomic mass is 32.2. The molecular weight excluding hydrogens is 516 g/mol. The summed E-state index contributed by atoms with van der Waals surface area (Å²) in [4.78, 5) is 29.9. The summed E-state index contributed by atoms with van der Waals surface area (Å²) in [6, 6.07) is 14.1. The van der Waals surface area contributed by atoms with Gasteiger partial charge in [0.2, 0.25) is 5.91 Å². The summed E-state index contributed by atoms with van der Waals surface area (Å²) < 4.78 is 39.4. The van der Waals surface area contributed by atoms with Gasteiger partial charge in [0.05, 0.1) is 23.9 Å². The molecule has 0 aliphatic carbocycles. The normalized spacial score (nSPS) is 12.5. The third-order valence-corrected chi connectivity index (χ3v) is 6.76. The first kappa shape index (κ1) is 29.7. The SMILES string of the molecule is C.CCc1nc([C@H](Cc2ccc(NS(=O)(=O)[O-])cc2)NC(=O)[C@H](Cc2ccccc2)NC(=O)OC)cs1. The summed E-state index contributed by atoms with van der Waals surface area (Å²) in [6.07, 6.45) is 0.631. The monoisotopic (exact) mass is 547 g/mol. The summed E-state index contributed by atoms with van der Waals surface area (Å²) >= 11 is 1.49. The Labute approximate surface area is 221 Å². The van der Waals surface area contributed by atoms with Gasteiger partial charge < -0.3 is 19.9 Å². The zero-order chi connectivity index (χ0) is 26.1. The fourth-order valence-electron chi connectivity index (χ4n) is 3.50. The lowest BCUT2D eigenvalue weighted by Gasteiger charge is -2.23. The van der Waals surface area contributed by atoms with Crippen LogP contribution in [0.3, 0.4) is 0 Å². The summed E-state index contributed by atoms with van der Waals surface area (Å²) in [5, 5.41) is 8.38. The second-order valence-corrected chi connectivity index (χ2v) is 9.97. The molecule has 12 heteroatoms. The smallest absolute Gasteiger partial charge is 0.407 e. The number of nitrogens with one attached hydrogen (secondary N) is 3. The minimum Gasteiger partial charge on any atom is -0.731 e. The molecule has 37 heavy (non-hydrogen) atoms. The average molecular weight is 548 g/mol. The maximum absolute atomic E-state index is 13.3. The number of aryl methyl sites for hydroxylation is 1. The number of amides is 2. The lowest BCUT2D eigenvalue weighted by molar-refractivity contribution is -0.123. The fraction of sp³-hybridized carbons (Fsp3) is 0.320. The van der Waals surface area contributed by atoms with E-state index >= 15 is 0 Å². The number of benzene rings is 2. The van der Waals surface area contributed by atoms with E-state index < -0.39 is 34.4 Å². The van der Waals surface area contributed by atoms with Crippen molar-refractivity contribution in [2.24, 2.45) is 0 Å². The van der Waals surface area contributed by atoms with Crippen LogP contribution in [0.1, 0.15) is 42.2 Å². The van der Waals surface area contributed by atoms with Gasteiger partial charge in [-0.3, -0.25) is 9.52 Å². The predicted octanol–water partition coefficient (Wildman–Crippen LogP) is 3.58. The highest BCUT2D eigenvalue weighted by Crippen LogP contribution is 2.23. The number of thiazole rings is 1. The second kappa shape index (κ2) is 13.7. The van der Waals surface area contributed by atoms with Gasteiger partial charge >= 0.3 is 6.09 Å². The molecule has 0 spiro atoms. The van der Waals surface area contributed by atoms with Crippen molar-refractivity contribution >= 4 is 39.3 Å². The quantitative estimate of drug-likeness (QED) is 0.311. The van der Waals surface area contributed by atoms with Crippen molar-refractivity contribution in [2.45, 2.75) is 45.7 Å². The van der Waals surface area contributed by atoms with E-state index in [1.165, 1.54) is 30.6 Å². The minimum absolute atomic E-state index is 0. The van der Waals surface area contributed by atoms with Gasteiger partial charge in [0, 0.05) is 17.5 Å². The van der Waals surface area contributed by atoms with Crippen LogP contribution in [0.4, 0.5) is 10.5 Å². The van der Waals surface area contributed by atoms with Crippen molar-refractivity contribution in [3.05, 3.63) is 81.8 Å². The molecule has 0 bridgehead atoms. The third-order valence-electron chi connectivity index (χ3n) is 5.26. The summed E-state index contributed by atoms with van der Waals surface area (Å²) in [7, 11) is -3.40. The number of methoxy groups -OCH3 is 1. The van der Waals surface area contributed by atoms with Crippen molar-refractivity contribution in [1.29, 1.82) is 0 Å². The van der Waals surface area contributed by atoms with Gasteiger partial charge in [0.1, 0.15) is 6.04 Å². The standard InChI is InChI=1S/C24H28N4O6S2.CH4/c1-3-22-25-21(15-35-22)19(13-17-9-11-18(12-10-17)28-36(31,32)33)26-23(29)20(27-24(30)34-2)14-16-7-5-4-6-8-16;/h4-12,15,19-20,28H,3,13-14H2,1-2H3,(H,26,29)(H,27,30)(H,31,32,33);1H4/p-1/t19-,20-;/m0./s1. The van der Waals surface area contributed by atoms with Gasteiger partial charge in [-0.25, -0.2) is 18.2 Å². The van der Waals surface area contributed by atoms with E-state index in [1.807, 2.05) is 47.4 Å². The van der Waals surface area contributed by atoms with E-state index in [1.54, 1.807) is 12.1 Å². The van der Waals surface area contributed by atoms with Gasteiger partial charge in [-0.2, -0.15) is 0 Å². The van der Waals surface area contributed by atoms with Gasteiger partial charge in [0.15, 0.2) is 10.3 Å². The van der Waals surface area contributed by atoms with Crippen LogP contribution >= 0.6 is 11.3 Å². The van der Waals surface area contributed by atoms with Crippen LogP contribution < -0.4 is 15.4 Å². The topological polar surface area (TPSA) is 150 Å². The van der Waals surface area contributed by atoms with E-state index in [2.05, 4.69) is 15.6 Å². The molecule has 0 unspecified atom stereocenters. The number of anilines is 1. The van der Waals surface area contributed by atoms with Crippen LogP contribution in [-0.4, -0.2) is 43.1 Å². The molecule has 0 aliphatic rings. The van der Waals surface area contributed by atoms with Gasteiger partial charge in [0.25, 0.3) is 0 Å². The molecule has 1 heterocycles. The lowest BCUT2D eigenvalue weighted by Crippen LogP contribution is -2.49. The van der Waals surface area contributed by atoms with Crippen LogP contribution in [0.25, 0.3) is 0 Å². The number of rotatable bonds is 11. The molecule has 0 radical (unpaired) electrons. The Balaban J connectivity index is 0.00000481. The molecule has 1 aromatic heterocycles. The molecule has 0 saturated carbocycles. The number of aromatic nitrogens is 1. The molecule has 200 valence electrons. The molecule has 2 atom stereocenters. The van der Waals surface area contributed by atoms with E-state index in [-0.39, 0.29) is 19.5 Å². The van der Waals surface area contributed by atoms with E-state index in [4.69, 9.17) is 4.74 Å². The molecule has 0 saturated heterocycles. The summed E-state index contributed by atoms with van der Waals surface area (Å²) in [6.45, 7) is 1.99. The zero-order valence-electron chi connectivity index (χ0n) is 19.8. The Morgan fingerprint density at radius 1 is 1.03 bits per heavy atom. The molecule has 3 N–H and O–H groups in total. The highest BCUT2D eigenvalue weighted by Gasteiger charge is 2.26. The molecule has 2 aromatic carbocycles. The maximum atomic E-state index is 13.3. The Kier molecular flexibility index (Phi) is 11.0. The molecule has 0 aliphatic heterocycles. The number of nitrogens with zero attached hydrogens (tertiary/aromatic N) is 1. The van der Waals surface area contributed by atoms with Crippen molar-refractivity contribution in [1.82, 2.24) is 15.6 Å². The number of ether oxygens (including phenoxy) is 1. The molecule has 10 nitrogen and oxygen atoms in total. The van der Waals surface area contributed by atoms with Crippen molar-refractivity contribution < 1.29 is 27.3 Å². The van der Waals surface area contributed by atoms with Crippen LogP contribution in [0.5, 0.6) is 0 Å². The summed E-state index contributed by atoms with van der Waals surface area (Å²) in [5.74, 6) is -0.406. The van der Waals surface area contributed by atoms with Gasteiger partial charge in [-0.05, 0) is 36.1 Å². The van der Waals surface area contributed by atoms with Gasteiger partial charge in [-0.15, -0.1) is 11.3 Å². The highest BCUT2D eigenvalue weighted by molar-refractivity contribution is 7.87. The molecular formula is C25H31N4O6S2-. The number of carbonyl (C=O) groups is 2. The van der Waals surface area contributed by atoms with Crippen LogP contribution in [0, 0.1) is 0 Å². The number of hydrogen-bond donors (Lipinski definition) is 3. The Hall–Kier alpha value is -3.48. The summed E-state index contributed by atoms with van der Waals surface area (Å²) in [5.41, 5.74) is 2.46. The van der Waals surface area contributed by atoms with E-state index in [9.17, 15) is 22.6 Å². The van der Waals surface area contributed by atoms with Crippen molar-refractivity contribution in [3.8, 4) is 0 Å². The van der Waals surface area contributed by atoms with Crippen molar-refractivity contribution in [2.75, 3.05) is 11.8 Å². The first-order valence-corrected chi connectivity index (χ1v) is 13.4. The molecule has 0 fully saturated rings. The van der Waals surface area contributed by atoms with Crippen molar-refractivity contribution in [3.63, 3.8) is 0 Å². The zero-order valence-corrected chi connectivity index (χ0v) is 21.4. The van der Waals surface area contributed by atoms with E-state index in [0.29, 0.717) is 12.1 Å². The predicted molar refractivity (Wildman–Crippen MR) is 142 cm³/mol. The van der Waals surface area contributed by atoms with Crippen LogP contribution in [0.2, 0.25) is 0 Å². The van der Waals surface area contributed by atoms with Gasteiger partial charge in [-0.1, -0.05) is 56.8 Å². The Morgan fingerprint density at radius 3 is 2.24 bits per heavy atom. The first-order valence-electron chi connectivity index (χ1n) is 11.1. The number of alkyl carbamates (subject to hydrolysis) is 1. The minimum atomic E-state index is -4.63. The third kappa shape index (κ3) is 9.48. The fourth-order valence-corrected chi connectivity index (χ4v) is 4.72. The second-order valence-electron chi connectivity index (χ2n) is 7.92. The maximum Gasteiger partial charge on any atom is 0.407 e. The van der Waals surface area contributed by atoms with E-state index in [0.717, 1.165) is 22.6 Å². The molecule has 3 rings (SSSR count).